The summed E-state index contributed by atoms with van der Waals surface area (Å²) < 4.78 is 5.13. The lowest BCUT2D eigenvalue weighted by atomic mass is 10.2. The van der Waals surface area contributed by atoms with Gasteiger partial charge in [-0.15, -0.1) is 0 Å². The molecule has 0 spiro atoms. The van der Waals surface area contributed by atoms with Crippen molar-refractivity contribution >= 4 is 46.4 Å². The van der Waals surface area contributed by atoms with Crippen LogP contribution in [0.5, 0.6) is 5.75 Å². The molecule has 136 valence electrons. The Bertz CT molecular complexity index is 853. The number of para-hydroxylation sites is 1. The zero-order chi connectivity index (χ0) is 19.1. The van der Waals surface area contributed by atoms with Crippen LogP contribution < -0.4 is 15.5 Å². The number of rotatable bonds is 6. The second kappa shape index (κ2) is 9.22. The fraction of sp³-hybridized carbons (Fsp3) is 0.167. The van der Waals surface area contributed by atoms with E-state index < -0.39 is 5.91 Å². The van der Waals surface area contributed by atoms with Gasteiger partial charge in [-0.3, -0.25) is 9.59 Å². The van der Waals surface area contributed by atoms with Gasteiger partial charge in [0.1, 0.15) is 5.75 Å². The normalized spacial score (nSPS) is 11.0. The first-order chi connectivity index (χ1) is 12.4. The Balaban J connectivity index is 1.96. The Kier molecular flexibility index (Phi) is 7.00. The molecule has 0 saturated heterocycles. The summed E-state index contributed by atoms with van der Waals surface area (Å²) in [5, 5.41) is 7.42. The van der Waals surface area contributed by atoms with Crippen LogP contribution in [0.3, 0.4) is 0 Å². The highest BCUT2D eigenvalue weighted by atomic mass is 35.5. The van der Waals surface area contributed by atoms with Gasteiger partial charge in [0.15, 0.2) is 0 Å². The van der Waals surface area contributed by atoms with Crippen molar-refractivity contribution in [2.45, 2.75) is 13.3 Å². The van der Waals surface area contributed by atoms with Crippen molar-refractivity contribution in [2.24, 2.45) is 5.10 Å². The van der Waals surface area contributed by atoms with Crippen LogP contribution in [0.2, 0.25) is 10.0 Å². The van der Waals surface area contributed by atoms with Crippen LogP contribution in [0.15, 0.2) is 47.6 Å². The molecule has 0 atom stereocenters. The molecule has 2 amide bonds. The molecule has 0 heterocycles. The summed E-state index contributed by atoms with van der Waals surface area (Å²) in [7, 11) is 1.48. The molecule has 2 N–H and O–H groups in total. The number of nitrogens with zero attached hydrogens (tertiary/aromatic N) is 1. The fourth-order valence-electron chi connectivity index (χ4n) is 2.10. The van der Waals surface area contributed by atoms with Gasteiger partial charge in [-0.25, -0.2) is 5.43 Å². The molecule has 0 bridgehead atoms. The van der Waals surface area contributed by atoms with Gasteiger partial charge in [-0.05, 0) is 37.3 Å². The van der Waals surface area contributed by atoms with Gasteiger partial charge < -0.3 is 10.1 Å². The van der Waals surface area contributed by atoms with E-state index in [-0.39, 0.29) is 12.3 Å². The van der Waals surface area contributed by atoms with Crippen LogP contribution in [0.1, 0.15) is 23.7 Å². The van der Waals surface area contributed by atoms with Crippen LogP contribution in [-0.2, 0) is 4.79 Å². The number of benzene rings is 2. The number of hydrogen-bond acceptors (Lipinski definition) is 4. The molecule has 0 saturated carbocycles. The van der Waals surface area contributed by atoms with Gasteiger partial charge in [-0.1, -0.05) is 35.3 Å². The molecule has 8 heteroatoms. The molecule has 2 rings (SSSR count). The molecule has 2 aromatic rings. The van der Waals surface area contributed by atoms with Gasteiger partial charge in [-0.2, -0.15) is 5.10 Å². The Morgan fingerprint density at radius 2 is 1.88 bits per heavy atom. The smallest absolute Gasteiger partial charge is 0.275 e. The zero-order valence-corrected chi connectivity index (χ0v) is 15.7. The molecule has 0 aliphatic heterocycles. The summed E-state index contributed by atoms with van der Waals surface area (Å²) in [5.74, 6) is -0.326. The van der Waals surface area contributed by atoms with Gasteiger partial charge in [0.05, 0.1) is 29.8 Å². The number of hydrogen-bond donors (Lipinski definition) is 2. The fourth-order valence-corrected chi connectivity index (χ4v) is 2.44. The minimum Gasteiger partial charge on any atom is -0.496 e. The molecule has 0 aliphatic carbocycles. The van der Waals surface area contributed by atoms with Crippen LogP contribution >= 0.6 is 23.2 Å². The molecular formula is C18H17Cl2N3O3. The SMILES string of the molecule is COc1ccccc1C(=O)N/N=C(\C)CC(=O)Nc1cc(Cl)ccc1Cl. The number of nitrogens with one attached hydrogen (secondary N) is 2. The number of methoxy groups -OCH3 is 1. The summed E-state index contributed by atoms with van der Waals surface area (Å²) in [4.78, 5) is 24.2. The van der Waals surface area contributed by atoms with E-state index in [0.29, 0.717) is 32.8 Å². The lowest BCUT2D eigenvalue weighted by molar-refractivity contribution is -0.115. The van der Waals surface area contributed by atoms with Crippen LogP contribution in [0, 0.1) is 0 Å². The highest BCUT2D eigenvalue weighted by Gasteiger charge is 2.12. The van der Waals surface area contributed by atoms with Crippen molar-refractivity contribution < 1.29 is 14.3 Å². The lowest BCUT2D eigenvalue weighted by Crippen LogP contribution is -2.22. The highest BCUT2D eigenvalue weighted by molar-refractivity contribution is 6.35. The zero-order valence-electron chi connectivity index (χ0n) is 14.2. The van der Waals surface area contributed by atoms with Crippen LogP contribution in [-0.4, -0.2) is 24.6 Å². The van der Waals surface area contributed by atoms with Crippen molar-refractivity contribution in [3.8, 4) is 5.75 Å². The molecule has 2 aromatic carbocycles. The number of anilines is 1. The van der Waals surface area contributed by atoms with Crippen molar-refractivity contribution in [1.29, 1.82) is 0 Å². The van der Waals surface area contributed by atoms with Gasteiger partial charge in [0.2, 0.25) is 5.91 Å². The Morgan fingerprint density at radius 1 is 1.15 bits per heavy atom. The summed E-state index contributed by atoms with van der Waals surface area (Å²) in [6.07, 6.45) is -0.0188. The predicted molar refractivity (Wildman–Crippen MR) is 103 cm³/mol. The second-order valence-corrected chi connectivity index (χ2v) is 6.18. The van der Waals surface area contributed by atoms with Crippen LogP contribution in [0.4, 0.5) is 5.69 Å². The highest BCUT2D eigenvalue weighted by Crippen LogP contribution is 2.25. The maximum Gasteiger partial charge on any atom is 0.275 e. The molecular weight excluding hydrogens is 377 g/mol. The molecule has 0 aliphatic rings. The molecule has 0 aromatic heterocycles. The summed E-state index contributed by atoms with van der Waals surface area (Å²) in [6.45, 7) is 1.63. The third-order valence-corrected chi connectivity index (χ3v) is 3.88. The number of carbonyl (C=O) groups is 2. The van der Waals surface area contributed by atoms with Gasteiger partial charge in [0.25, 0.3) is 5.91 Å². The standard InChI is InChI=1S/C18H17Cl2N3O3/c1-11(9-17(24)21-15-10-12(19)7-8-14(15)20)22-23-18(25)13-5-3-4-6-16(13)26-2/h3-8,10H,9H2,1-2H3,(H,21,24)(H,23,25)/b22-11+. The third-order valence-electron chi connectivity index (χ3n) is 3.32. The number of carbonyl (C=O) groups excluding carboxylic acids is 2. The van der Waals surface area contributed by atoms with E-state index in [0.717, 1.165) is 0 Å². The quantitative estimate of drug-likeness (QED) is 0.571. The molecule has 6 nitrogen and oxygen atoms in total. The summed E-state index contributed by atoms with van der Waals surface area (Å²) in [5.41, 5.74) is 3.59. The van der Waals surface area contributed by atoms with Crippen molar-refractivity contribution in [2.75, 3.05) is 12.4 Å². The topological polar surface area (TPSA) is 79.8 Å². The summed E-state index contributed by atoms with van der Waals surface area (Å²) in [6, 6.07) is 11.5. The third kappa shape index (κ3) is 5.47. The van der Waals surface area contributed by atoms with Crippen molar-refractivity contribution in [3.05, 3.63) is 58.1 Å². The first-order valence-electron chi connectivity index (χ1n) is 7.62. The molecule has 0 unspecified atom stereocenters. The largest absolute Gasteiger partial charge is 0.496 e. The van der Waals surface area contributed by atoms with Crippen molar-refractivity contribution in [1.82, 2.24) is 5.43 Å². The number of ether oxygens (including phenoxy) is 1. The molecule has 0 fully saturated rings. The van der Waals surface area contributed by atoms with E-state index >= 15 is 0 Å². The maximum atomic E-state index is 12.2. The number of hydrazone groups is 1. The van der Waals surface area contributed by atoms with Gasteiger partial charge in [0, 0.05) is 10.7 Å². The Morgan fingerprint density at radius 3 is 2.62 bits per heavy atom. The maximum absolute atomic E-state index is 12.2. The average molecular weight is 394 g/mol. The average Bonchev–Trinajstić information content (AvgIpc) is 2.62. The van der Waals surface area contributed by atoms with E-state index in [1.54, 1.807) is 49.4 Å². The van der Waals surface area contributed by atoms with E-state index in [2.05, 4.69) is 15.8 Å². The second-order valence-electron chi connectivity index (χ2n) is 5.34. The van der Waals surface area contributed by atoms with E-state index in [1.807, 2.05) is 0 Å². The van der Waals surface area contributed by atoms with Crippen molar-refractivity contribution in [3.63, 3.8) is 0 Å². The summed E-state index contributed by atoms with van der Waals surface area (Å²) >= 11 is 11.9. The van der Waals surface area contributed by atoms with E-state index in [4.69, 9.17) is 27.9 Å². The molecule has 26 heavy (non-hydrogen) atoms. The minimum atomic E-state index is -0.430. The van der Waals surface area contributed by atoms with Gasteiger partial charge >= 0.3 is 0 Å². The van der Waals surface area contributed by atoms with E-state index in [9.17, 15) is 9.59 Å². The molecule has 0 radical (unpaired) electrons. The Hall–Kier alpha value is -2.57. The monoisotopic (exact) mass is 393 g/mol. The number of amides is 2. The first-order valence-corrected chi connectivity index (χ1v) is 8.37. The minimum absolute atomic E-state index is 0.0188. The first kappa shape index (κ1) is 19.8. The number of halogens is 2. The predicted octanol–water partition coefficient (Wildman–Crippen LogP) is 4.14. The Labute approximate surface area is 161 Å². The van der Waals surface area contributed by atoms with Crippen LogP contribution in [0.25, 0.3) is 0 Å². The van der Waals surface area contributed by atoms with E-state index in [1.165, 1.54) is 7.11 Å². The lowest BCUT2D eigenvalue weighted by Gasteiger charge is -2.08.